The fraction of sp³-hybridized carbons (Fsp3) is 0.458. The summed E-state index contributed by atoms with van der Waals surface area (Å²) in [5.74, 6) is 2.29. The maximum absolute atomic E-state index is 5.54. The first-order valence-electron chi connectivity index (χ1n) is 10.8. The van der Waals surface area contributed by atoms with Crippen molar-refractivity contribution in [1.29, 1.82) is 0 Å². The molecule has 31 heavy (non-hydrogen) atoms. The standard InChI is InChI=1S/C24H34N4O3/c1-25-24(26-12-11-19-9-10-22(29-2)23(17-19)30-3)27-18-21(20-7-5-4-6-8-20)28-13-15-31-16-14-28/h4-10,17,21H,11-16,18H2,1-3H3,(H2,25,26,27). The molecule has 7 heteroatoms. The lowest BCUT2D eigenvalue weighted by molar-refractivity contribution is 0.0170. The molecule has 0 radical (unpaired) electrons. The average molecular weight is 427 g/mol. The van der Waals surface area contributed by atoms with Crippen molar-refractivity contribution in [2.45, 2.75) is 12.5 Å². The molecule has 1 heterocycles. The molecule has 1 fully saturated rings. The minimum atomic E-state index is 0.273. The van der Waals surface area contributed by atoms with Crippen LogP contribution in [0, 0.1) is 0 Å². The Balaban J connectivity index is 1.54. The number of aliphatic imine (C=N–C) groups is 1. The molecule has 1 aliphatic heterocycles. The van der Waals surface area contributed by atoms with Crippen molar-refractivity contribution >= 4 is 5.96 Å². The second kappa shape index (κ2) is 12.2. The first-order valence-corrected chi connectivity index (χ1v) is 10.8. The molecule has 2 N–H and O–H groups in total. The molecule has 0 spiro atoms. The Morgan fingerprint density at radius 3 is 2.45 bits per heavy atom. The summed E-state index contributed by atoms with van der Waals surface area (Å²) in [6, 6.07) is 16.9. The van der Waals surface area contributed by atoms with Crippen LogP contribution in [0.3, 0.4) is 0 Å². The minimum absolute atomic E-state index is 0.273. The predicted molar refractivity (Wildman–Crippen MR) is 124 cm³/mol. The fourth-order valence-corrected chi connectivity index (χ4v) is 3.80. The number of hydrogen-bond acceptors (Lipinski definition) is 5. The quantitative estimate of drug-likeness (QED) is 0.474. The van der Waals surface area contributed by atoms with E-state index in [0.29, 0.717) is 0 Å². The van der Waals surface area contributed by atoms with Gasteiger partial charge in [-0.2, -0.15) is 0 Å². The molecule has 168 valence electrons. The monoisotopic (exact) mass is 426 g/mol. The largest absolute Gasteiger partial charge is 0.493 e. The number of ether oxygens (including phenoxy) is 3. The van der Waals surface area contributed by atoms with Crippen LogP contribution in [-0.4, -0.2) is 71.5 Å². The number of morpholine rings is 1. The summed E-state index contributed by atoms with van der Waals surface area (Å²) < 4.78 is 16.2. The van der Waals surface area contributed by atoms with Crippen molar-refractivity contribution < 1.29 is 14.2 Å². The van der Waals surface area contributed by atoms with E-state index in [1.54, 1.807) is 21.3 Å². The zero-order valence-corrected chi connectivity index (χ0v) is 18.8. The zero-order valence-electron chi connectivity index (χ0n) is 18.8. The highest BCUT2D eigenvalue weighted by Gasteiger charge is 2.22. The van der Waals surface area contributed by atoms with Crippen molar-refractivity contribution in [3.05, 3.63) is 59.7 Å². The fourth-order valence-electron chi connectivity index (χ4n) is 3.80. The second-order valence-electron chi connectivity index (χ2n) is 7.39. The Labute approximate surface area is 185 Å². The lowest BCUT2D eigenvalue weighted by Gasteiger charge is -2.35. The van der Waals surface area contributed by atoms with Gasteiger partial charge in [-0.1, -0.05) is 36.4 Å². The highest BCUT2D eigenvalue weighted by atomic mass is 16.5. The topological polar surface area (TPSA) is 67.4 Å². The van der Waals surface area contributed by atoms with Crippen molar-refractivity contribution in [3.8, 4) is 11.5 Å². The summed E-state index contributed by atoms with van der Waals surface area (Å²) in [6.45, 7) is 4.98. The Hall–Kier alpha value is -2.77. The van der Waals surface area contributed by atoms with Gasteiger partial charge in [-0.3, -0.25) is 9.89 Å². The number of methoxy groups -OCH3 is 2. The van der Waals surface area contributed by atoms with Crippen LogP contribution in [0.1, 0.15) is 17.2 Å². The van der Waals surface area contributed by atoms with Crippen LogP contribution in [0.4, 0.5) is 0 Å². The highest BCUT2D eigenvalue weighted by molar-refractivity contribution is 5.79. The lowest BCUT2D eigenvalue weighted by atomic mass is 10.0. The van der Waals surface area contributed by atoms with Crippen LogP contribution in [0.25, 0.3) is 0 Å². The molecule has 0 aromatic heterocycles. The molecule has 0 bridgehead atoms. The third kappa shape index (κ3) is 6.60. The van der Waals surface area contributed by atoms with Gasteiger partial charge in [-0.05, 0) is 29.7 Å². The van der Waals surface area contributed by atoms with E-state index in [1.165, 1.54) is 11.1 Å². The lowest BCUT2D eigenvalue weighted by Crippen LogP contribution is -2.46. The summed E-state index contributed by atoms with van der Waals surface area (Å²) in [7, 11) is 5.11. The van der Waals surface area contributed by atoms with Crippen molar-refractivity contribution in [3.63, 3.8) is 0 Å². The van der Waals surface area contributed by atoms with Gasteiger partial charge in [0.15, 0.2) is 17.5 Å². The van der Waals surface area contributed by atoms with Gasteiger partial charge < -0.3 is 24.8 Å². The van der Waals surface area contributed by atoms with Crippen LogP contribution in [0.5, 0.6) is 11.5 Å². The molecule has 7 nitrogen and oxygen atoms in total. The Morgan fingerprint density at radius 1 is 1.03 bits per heavy atom. The van der Waals surface area contributed by atoms with Gasteiger partial charge >= 0.3 is 0 Å². The SMILES string of the molecule is CN=C(NCCc1ccc(OC)c(OC)c1)NCC(c1ccccc1)N1CCOCC1. The van der Waals surface area contributed by atoms with Crippen molar-refractivity contribution in [2.24, 2.45) is 4.99 Å². The molecule has 1 atom stereocenters. The number of benzene rings is 2. The molecular formula is C24H34N4O3. The first-order chi connectivity index (χ1) is 15.2. The van der Waals surface area contributed by atoms with Crippen LogP contribution in [-0.2, 0) is 11.2 Å². The maximum Gasteiger partial charge on any atom is 0.191 e. The van der Waals surface area contributed by atoms with E-state index in [9.17, 15) is 0 Å². The Kier molecular flexibility index (Phi) is 8.99. The Morgan fingerprint density at radius 2 is 1.77 bits per heavy atom. The molecule has 0 saturated carbocycles. The van der Waals surface area contributed by atoms with Crippen LogP contribution >= 0.6 is 0 Å². The molecule has 1 saturated heterocycles. The number of guanidine groups is 1. The predicted octanol–water partition coefficient (Wildman–Crippen LogP) is 2.48. The maximum atomic E-state index is 5.54. The molecule has 2 aromatic rings. The van der Waals surface area contributed by atoms with Gasteiger partial charge in [-0.25, -0.2) is 0 Å². The van der Waals surface area contributed by atoms with Gasteiger partial charge in [0.2, 0.25) is 0 Å². The summed E-state index contributed by atoms with van der Waals surface area (Å²) in [5, 5.41) is 6.92. The van der Waals surface area contributed by atoms with E-state index in [-0.39, 0.29) is 6.04 Å². The van der Waals surface area contributed by atoms with Gasteiger partial charge in [0.25, 0.3) is 0 Å². The molecule has 1 aliphatic rings. The van der Waals surface area contributed by atoms with Gasteiger partial charge in [0.05, 0.1) is 33.5 Å². The summed E-state index contributed by atoms with van der Waals surface area (Å²) in [5.41, 5.74) is 2.48. The van der Waals surface area contributed by atoms with E-state index in [2.05, 4.69) is 56.9 Å². The third-order valence-corrected chi connectivity index (χ3v) is 5.51. The summed E-state index contributed by atoms with van der Waals surface area (Å²) in [6.07, 6.45) is 0.854. The normalized spacial score (nSPS) is 15.9. The van der Waals surface area contributed by atoms with Crippen LogP contribution in [0.2, 0.25) is 0 Å². The minimum Gasteiger partial charge on any atom is -0.493 e. The summed E-state index contributed by atoms with van der Waals surface area (Å²) >= 11 is 0. The third-order valence-electron chi connectivity index (χ3n) is 5.51. The van der Waals surface area contributed by atoms with Gasteiger partial charge in [0, 0.05) is 33.2 Å². The summed E-state index contributed by atoms with van der Waals surface area (Å²) in [4.78, 5) is 6.87. The zero-order chi connectivity index (χ0) is 21.9. The van der Waals surface area contributed by atoms with E-state index in [4.69, 9.17) is 14.2 Å². The van der Waals surface area contributed by atoms with Crippen LogP contribution < -0.4 is 20.1 Å². The average Bonchev–Trinajstić information content (AvgIpc) is 2.84. The van der Waals surface area contributed by atoms with E-state index in [1.807, 2.05) is 12.1 Å². The first kappa shape index (κ1) is 22.9. The molecule has 3 rings (SSSR count). The molecular weight excluding hydrogens is 392 g/mol. The van der Waals surface area contributed by atoms with Crippen molar-refractivity contribution in [2.75, 3.05) is 60.7 Å². The number of nitrogens with one attached hydrogen (secondary N) is 2. The molecule has 2 aromatic carbocycles. The number of rotatable bonds is 9. The van der Waals surface area contributed by atoms with Crippen LogP contribution in [0.15, 0.2) is 53.5 Å². The van der Waals surface area contributed by atoms with Crippen molar-refractivity contribution in [1.82, 2.24) is 15.5 Å². The number of nitrogens with zero attached hydrogens (tertiary/aromatic N) is 2. The highest BCUT2D eigenvalue weighted by Crippen LogP contribution is 2.27. The smallest absolute Gasteiger partial charge is 0.191 e. The molecule has 0 amide bonds. The van der Waals surface area contributed by atoms with E-state index >= 15 is 0 Å². The molecule has 0 aliphatic carbocycles. The number of hydrogen-bond donors (Lipinski definition) is 2. The van der Waals surface area contributed by atoms with Gasteiger partial charge in [-0.15, -0.1) is 0 Å². The Bertz CT molecular complexity index is 823. The second-order valence-corrected chi connectivity index (χ2v) is 7.39. The molecule has 1 unspecified atom stereocenters. The van der Waals surface area contributed by atoms with E-state index < -0.39 is 0 Å². The van der Waals surface area contributed by atoms with E-state index in [0.717, 1.165) is 63.3 Å². The van der Waals surface area contributed by atoms with Gasteiger partial charge in [0.1, 0.15) is 0 Å².